The van der Waals surface area contributed by atoms with Crippen LogP contribution in [0.4, 0.5) is 0 Å². The molecule has 2 N–H and O–H groups in total. The number of nitrogens with two attached hydrogens (primary N) is 1. The average Bonchev–Trinajstić information content (AvgIpc) is 2.89. The summed E-state index contributed by atoms with van der Waals surface area (Å²) in [6.45, 7) is 5.81. The van der Waals surface area contributed by atoms with Gasteiger partial charge in [0.2, 0.25) is 0 Å². The Kier molecular flexibility index (Phi) is 4.56. The van der Waals surface area contributed by atoms with Crippen molar-refractivity contribution in [2.75, 3.05) is 20.2 Å². The van der Waals surface area contributed by atoms with Crippen LogP contribution in [0.2, 0.25) is 0 Å². The van der Waals surface area contributed by atoms with Gasteiger partial charge in [0.1, 0.15) is 0 Å². The smallest absolute Gasteiger partial charge is 0.0702 e. The Balaban J connectivity index is 1.87. The Hall–Kier alpha value is -0.420. The summed E-state index contributed by atoms with van der Waals surface area (Å²) in [7, 11) is 2.17. The number of nitrogens with zero attached hydrogens (tertiary/aromatic N) is 1. The molecule has 1 aliphatic rings. The maximum atomic E-state index is 5.67. The SMILES string of the molecule is Cc1sc(CN)cc1CN(C)CC1CCCO1. The average molecular weight is 254 g/mol. The molecule has 1 aromatic heterocycles. The third-order valence-corrected chi connectivity index (χ3v) is 4.37. The van der Waals surface area contributed by atoms with Crippen LogP contribution in [0.3, 0.4) is 0 Å². The number of hydrogen-bond acceptors (Lipinski definition) is 4. The first-order valence-electron chi connectivity index (χ1n) is 6.27. The number of aryl methyl sites for hydroxylation is 1. The molecule has 96 valence electrons. The highest BCUT2D eigenvalue weighted by atomic mass is 32.1. The fourth-order valence-electron chi connectivity index (χ4n) is 2.34. The maximum absolute atomic E-state index is 5.67. The molecule has 2 heterocycles. The highest BCUT2D eigenvalue weighted by molar-refractivity contribution is 7.12. The van der Waals surface area contributed by atoms with Crippen LogP contribution in [0.15, 0.2) is 6.07 Å². The molecule has 4 heteroatoms. The molecule has 1 fully saturated rings. The normalized spacial score (nSPS) is 20.4. The van der Waals surface area contributed by atoms with Gasteiger partial charge in [-0.2, -0.15) is 0 Å². The van der Waals surface area contributed by atoms with Crippen molar-refractivity contribution in [2.24, 2.45) is 5.73 Å². The van der Waals surface area contributed by atoms with Crippen molar-refractivity contribution in [1.29, 1.82) is 0 Å². The predicted molar refractivity (Wildman–Crippen MR) is 72.3 cm³/mol. The number of thiophene rings is 1. The second kappa shape index (κ2) is 5.96. The van der Waals surface area contributed by atoms with Crippen molar-refractivity contribution in [2.45, 2.75) is 39.0 Å². The van der Waals surface area contributed by atoms with Crippen molar-refractivity contribution in [1.82, 2.24) is 4.90 Å². The predicted octanol–water partition coefficient (Wildman–Crippen LogP) is 2.13. The van der Waals surface area contributed by atoms with Gasteiger partial charge in [-0.05, 0) is 38.4 Å². The van der Waals surface area contributed by atoms with Gasteiger partial charge in [0.05, 0.1) is 6.10 Å². The standard InChI is InChI=1S/C13H22N2OS/c1-10-11(6-13(7-14)17-10)8-15(2)9-12-4-3-5-16-12/h6,12H,3-5,7-9,14H2,1-2H3. The van der Waals surface area contributed by atoms with Crippen LogP contribution in [-0.2, 0) is 17.8 Å². The molecule has 1 atom stereocenters. The molecular formula is C13H22N2OS. The van der Waals surface area contributed by atoms with Crippen LogP contribution in [0.5, 0.6) is 0 Å². The van der Waals surface area contributed by atoms with E-state index in [9.17, 15) is 0 Å². The highest BCUT2D eigenvalue weighted by Crippen LogP contribution is 2.23. The fraction of sp³-hybridized carbons (Fsp3) is 0.692. The van der Waals surface area contributed by atoms with E-state index in [4.69, 9.17) is 10.5 Å². The van der Waals surface area contributed by atoms with E-state index in [1.54, 1.807) is 0 Å². The zero-order valence-electron chi connectivity index (χ0n) is 10.7. The third-order valence-electron chi connectivity index (χ3n) is 3.25. The zero-order chi connectivity index (χ0) is 12.3. The number of rotatable bonds is 5. The van der Waals surface area contributed by atoms with Crippen LogP contribution in [0, 0.1) is 6.92 Å². The first-order valence-corrected chi connectivity index (χ1v) is 7.09. The topological polar surface area (TPSA) is 38.5 Å². The Morgan fingerprint density at radius 2 is 2.41 bits per heavy atom. The summed E-state index contributed by atoms with van der Waals surface area (Å²) in [5.74, 6) is 0. The maximum Gasteiger partial charge on any atom is 0.0702 e. The second-order valence-corrected chi connectivity index (χ2v) is 6.17. The summed E-state index contributed by atoms with van der Waals surface area (Å²) in [5.41, 5.74) is 7.08. The molecule has 1 aromatic rings. The fourth-order valence-corrected chi connectivity index (χ4v) is 3.27. The summed E-state index contributed by atoms with van der Waals surface area (Å²) < 4.78 is 5.66. The largest absolute Gasteiger partial charge is 0.377 e. The van der Waals surface area contributed by atoms with E-state index in [-0.39, 0.29) is 0 Å². The first-order chi connectivity index (χ1) is 8.19. The van der Waals surface area contributed by atoms with Gasteiger partial charge in [-0.25, -0.2) is 0 Å². The first kappa shape index (κ1) is 13.0. The summed E-state index contributed by atoms with van der Waals surface area (Å²) >= 11 is 1.82. The van der Waals surface area contributed by atoms with Crippen molar-refractivity contribution in [3.05, 3.63) is 21.4 Å². The lowest BCUT2D eigenvalue weighted by molar-refractivity contribution is 0.0793. The Morgan fingerprint density at radius 3 is 3.00 bits per heavy atom. The molecule has 3 nitrogen and oxygen atoms in total. The number of ether oxygens (including phenoxy) is 1. The van der Waals surface area contributed by atoms with Crippen LogP contribution >= 0.6 is 11.3 Å². The third kappa shape index (κ3) is 3.52. The van der Waals surface area contributed by atoms with Gasteiger partial charge in [0.25, 0.3) is 0 Å². The molecule has 1 aliphatic heterocycles. The Bertz CT molecular complexity index is 358. The minimum atomic E-state index is 0.438. The van der Waals surface area contributed by atoms with Crippen molar-refractivity contribution >= 4 is 11.3 Å². The van der Waals surface area contributed by atoms with E-state index < -0.39 is 0 Å². The van der Waals surface area contributed by atoms with E-state index >= 15 is 0 Å². The molecule has 0 saturated carbocycles. The van der Waals surface area contributed by atoms with Crippen LogP contribution < -0.4 is 5.73 Å². The van der Waals surface area contributed by atoms with Gasteiger partial charge in [-0.3, -0.25) is 4.90 Å². The molecule has 1 unspecified atom stereocenters. The van der Waals surface area contributed by atoms with Crippen LogP contribution in [0.1, 0.15) is 28.2 Å². The Labute approximate surface area is 108 Å². The van der Waals surface area contributed by atoms with E-state index in [1.165, 1.54) is 28.2 Å². The zero-order valence-corrected chi connectivity index (χ0v) is 11.6. The Morgan fingerprint density at radius 1 is 1.59 bits per heavy atom. The lowest BCUT2D eigenvalue weighted by Crippen LogP contribution is -2.28. The van der Waals surface area contributed by atoms with Crippen molar-refractivity contribution < 1.29 is 4.74 Å². The van der Waals surface area contributed by atoms with Gasteiger partial charge in [-0.1, -0.05) is 0 Å². The quantitative estimate of drug-likeness (QED) is 0.875. The minimum Gasteiger partial charge on any atom is -0.377 e. The lowest BCUT2D eigenvalue weighted by Gasteiger charge is -2.20. The molecular weight excluding hydrogens is 232 g/mol. The van der Waals surface area contributed by atoms with E-state index in [0.29, 0.717) is 12.6 Å². The van der Waals surface area contributed by atoms with Gasteiger partial charge < -0.3 is 10.5 Å². The molecule has 0 aromatic carbocycles. The summed E-state index contributed by atoms with van der Waals surface area (Å²) in [4.78, 5) is 5.03. The number of likely N-dealkylation sites (N-methyl/N-ethyl adjacent to an activating group) is 1. The van der Waals surface area contributed by atoms with Gasteiger partial charge in [0.15, 0.2) is 0 Å². The van der Waals surface area contributed by atoms with E-state index in [2.05, 4.69) is 24.9 Å². The van der Waals surface area contributed by atoms with E-state index in [1.807, 2.05) is 11.3 Å². The summed E-state index contributed by atoms with van der Waals surface area (Å²) in [6.07, 6.45) is 2.86. The summed E-state index contributed by atoms with van der Waals surface area (Å²) in [6, 6.07) is 2.24. The molecule has 1 saturated heterocycles. The second-order valence-electron chi connectivity index (χ2n) is 4.83. The minimum absolute atomic E-state index is 0.438. The van der Waals surface area contributed by atoms with Crippen molar-refractivity contribution in [3.63, 3.8) is 0 Å². The molecule has 0 amide bonds. The van der Waals surface area contributed by atoms with Gasteiger partial charge in [-0.15, -0.1) is 11.3 Å². The van der Waals surface area contributed by atoms with Crippen LogP contribution in [-0.4, -0.2) is 31.2 Å². The van der Waals surface area contributed by atoms with Crippen LogP contribution in [0.25, 0.3) is 0 Å². The molecule has 0 spiro atoms. The van der Waals surface area contributed by atoms with Crippen molar-refractivity contribution in [3.8, 4) is 0 Å². The van der Waals surface area contributed by atoms with E-state index in [0.717, 1.165) is 19.7 Å². The molecule has 0 radical (unpaired) electrons. The highest BCUT2D eigenvalue weighted by Gasteiger charge is 2.18. The molecule has 17 heavy (non-hydrogen) atoms. The monoisotopic (exact) mass is 254 g/mol. The summed E-state index contributed by atoms with van der Waals surface area (Å²) in [5, 5.41) is 0. The number of hydrogen-bond donors (Lipinski definition) is 1. The molecule has 0 bridgehead atoms. The van der Waals surface area contributed by atoms with Gasteiger partial charge in [0, 0.05) is 36.0 Å². The molecule has 0 aliphatic carbocycles. The molecule has 2 rings (SSSR count). The lowest BCUT2D eigenvalue weighted by atomic mass is 10.2. The van der Waals surface area contributed by atoms with Gasteiger partial charge >= 0.3 is 0 Å².